The fourth-order valence-electron chi connectivity index (χ4n) is 2.81. The fraction of sp³-hybridized carbons (Fsp3) is 0.0417. The summed E-state index contributed by atoms with van der Waals surface area (Å²) < 4.78 is 33.9. The third kappa shape index (κ3) is 6.10. The summed E-state index contributed by atoms with van der Waals surface area (Å²) in [5, 5.41) is 2.58. The predicted molar refractivity (Wildman–Crippen MR) is 123 cm³/mol. The molecule has 3 aromatic carbocycles. The van der Waals surface area contributed by atoms with Crippen molar-refractivity contribution in [2.24, 2.45) is 7.05 Å². The second kappa shape index (κ2) is 9.80. The van der Waals surface area contributed by atoms with Crippen LogP contribution in [0.3, 0.4) is 0 Å². The molecule has 30 heavy (non-hydrogen) atoms. The molecule has 4 rings (SSSR count). The SMILES string of the molecule is C[n+]1ccc(/C=C/c2cccc3ccccc23)cc1.O=S(=O)([O-])c1ccc(Br)cc1. The molecule has 4 nitrogen and oxygen atoms in total. The van der Waals surface area contributed by atoms with Crippen molar-refractivity contribution in [3.8, 4) is 0 Å². The molecule has 1 heterocycles. The van der Waals surface area contributed by atoms with Gasteiger partial charge in [0.25, 0.3) is 0 Å². The number of pyridine rings is 1. The van der Waals surface area contributed by atoms with E-state index in [9.17, 15) is 13.0 Å². The van der Waals surface area contributed by atoms with Crippen molar-refractivity contribution in [2.45, 2.75) is 4.90 Å². The molecule has 0 spiro atoms. The third-order valence-electron chi connectivity index (χ3n) is 4.39. The number of hydrogen-bond acceptors (Lipinski definition) is 3. The molecule has 0 N–H and O–H groups in total. The Kier molecular flexibility index (Phi) is 7.15. The summed E-state index contributed by atoms with van der Waals surface area (Å²) in [4.78, 5) is -0.208. The van der Waals surface area contributed by atoms with E-state index < -0.39 is 10.1 Å². The second-order valence-electron chi connectivity index (χ2n) is 6.61. The van der Waals surface area contributed by atoms with Crippen LogP contribution in [-0.4, -0.2) is 13.0 Å². The Morgan fingerprint density at radius 1 is 0.833 bits per heavy atom. The van der Waals surface area contributed by atoms with Gasteiger partial charge >= 0.3 is 0 Å². The number of benzene rings is 3. The molecule has 0 radical (unpaired) electrons. The summed E-state index contributed by atoms with van der Waals surface area (Å²) in [6, 6.07) is 24.6. The van der Waals surface area contributed by atoms with Gasteiger partial charge in [0.2, 0.25) is 0 Å². The molecule has 0 amide bonds. The van der Waals surface area contributed by atoms with Gasteiger partial charge in [-0.15, -0.1) is 0 Å². The maximum absolute atomic E-state index is 10.4. The van der Waals surface area contributed by atoms with Gasteiger partial charge in [-0.3, -0.25) is 0 Å². The van der Waals surface area contributed by atoms with Gasteiger partial charge in [-0.1, -0.05) is 70.5 Å². The van der Waals surface area contributed by atoms with Gasteiger partial charge in [-0.05, 0) is 46.2 Å². The quantitative estimate of drug-likeness (QED) is 0.298. The summed E-state index contributed by atoms with van der Waals surface area (Å²) in [5.74, 6) is 0. The number of aromatic nitrogens is 1. The monoisotopic (exact) mass is 481 g/mol. The standard InChI is InChI=1S/C18H16N.C6H5BrO3S/c1-19-13-11-15(12-14-19)9-10-17-7-4-6-16-5-2-3-8-18(16)17;7-5-1-3-6(4-2-5)11(8,9)10/h2-14H,1H3;1-4H,(H,8,9,10)/q+1;/p-1/b10-9+;. The highest BCUT2D eigenvalue weighted by Gasteiger charge is 1.99. The Morgan fingerprint density at radius 2 is 1.47 bits per heavy atom. The van der Waals surface area contributed by atoms with Crippen LogP contribution < -0.4 is 4.57 Å². The number of halogens is 1. The Morgan fingerprint density at radius 3 is 2.13 bits per heavy atom. The molecule has 0 aliphatic carbocycles. The molecule has 0 aliphatic heterocycles. The Labute approximate surface area is 185 Å². The van der Waals surface area contributed by atoms with Crippen LogP contribution in [0.15, 0.2) is 101 Å². The van der Waals surface area contributed by atoms with Crippen LogP contribution in [0, 0.1) is 0 Å². The van der Waals surface area contributed by atoms with E-state index >= 15 is 0 Å². The first kappa shape index (κ1) is 21.9. The third-order valence-corrected chi connectivity index (χ3v) is 5.76. The molecule has 1 aromatic heterocycles. The van der Waals surface area contributed by atoms with E-state index in [0.717, 1.165) is 4.47 Å². The van der Waals surface area contributed by atoms with Gasteiger partial charge in [-0.2, -0.15) is 0 Å². The minimum atomic E-state index is -4.29. The van der Waals surface area contributed by atoms with E-state index in [4.69, 9.17) is 0 Å². The molecule has 0 bridgehead atoms. The van der Waals surface area contributed by atoms with Crippen LogP contribution >= 0.6 is 15.9 Å². The summed E-state index contributed by atoms with van der Waals surface area (Å²) in [6.07, 6.45) is 8.45. The number of rotatable bonds is 3. The lowest BCUT2D eigenvalue weighted by Crippen LogP contribution is -2.25. The molecule has 0 fully saturated rings. The lowest BCUT2D eigenvalue weighted by molar-refractivity contribution is -0.671. The predicted octanol–water partition coefficient (Wildman–Crippen LogP) is 5.19. The zero-order valence-corrected chi connectivity index (χ0v) is 18.7. The molecular weight excluding hydrogens is 462 g/mol. The lowest BCUT2D eigenvalue weighted by Gasteiger charge is -2.05. The van der Waals surface area contributed by atoms with Crippen molar-refractivity contribution >= 4 is 49.0 Å². The van der Waals surface area contributed by atoms with Gasteiger partial charge in [0.05, 0.1) is 4.90 Å². The minimum absolute atomic E-state index is 0.208. The molecule has 0 saturated carbocycles. The van der Waals surface area contributed by atoms with E-state index in [-0.39, 0.29) is 4.90 Å². The van der Waals surface area contributed by atoms with Gasteiger partial charge in [0, 0.05) is 16.6 Å². The molecule has 0 atom stereocenters. The molecule has 0 saturated heterocycles. The summed E-state index contributed by atoms with van der Waals surface area (Å²) in [5.41, 5.74) is 2.47. The number of hydrogen-bond donors (Lipinski definition) is 0. The van der Waals surface area contributed by atoms with E-state index in [1.54, 1.807) is 0 Å². The zero-order chi connectivity index (χ0) is 21.6. The summed E-state index contributed by atoms with van der Waals surface area (Å²) >= 11 is 3.12. The normalized spacial score (nSPS) is 11.3. The fourth-order valence-corrected chi connectivity index (χ4v) is 3.54. The topological polar surface area (TPSA) is 61.1 Å². The lowest BCUT2D eigenvalue weighted by atomic mass is 10.0. The minimum Gasteiger partial charge on any atom is -0.744 e. The second-order valence-corrected chi connectivity index (χ2v) is 8.90. The first-order valence-corrected chi connectivity index (χ1v) is 11.4. The molecule has 152 valence electrons. The summed E-state index contributed by atoms with van der Waals surface area (Å²) in [7, 11) is -2.26. The van der Waals surface area contributed by atoms with Crippen molar-refractivity contribution in [3.63, 3.8) is 0 Å². The van der Waals surface area contributed by atoms with Crippen molar-refractivity contribution in [2.75, 3.05) is 0 Å². The molecule has 4 aromatic rings. The van der Waals surface area contributed by atoms with Crippen LogP contribution in [0.5, 0.6) is 0 Å². The largest absolute Gasteiger partial charge is 0.744 e. The van der Waals surface area contributed by atoms with Crippen LogP contribution in [0.4, 0.5) is 0 Å². The van der Waals surface area contributed by atoms with Crippen LogP contribution in [0.25, 0.3) is 22.9 Å². The first-order chi connectivity index (χ1) is 14.3. The highest BCUT2D eigenvalue weighted by atomic mass is 79.9. The number of nitrogens with zero attached hydrogens (tertiary/aromatic N) is 1. The van der Waals surface area contributed by atoms with E-state index in [1.165, 1.54) is 46.2 Å². The van der Waals surface area contributed by atoms with E-state index in [2.05, 4.69) is 95.1 Å². The van der Waals surface area contributed by atoms with Crippen LogP contribution in [0.2, 0.25) is 0 Å². The average molecular weight is 482 g/mol. The van der Waals surface area contributed by atoms with Gasteiger partial charge in [-0.25, -0.2) is 13.0 Å². The molecule has 6 heteroatoms. The number of aryl methyl sites for hydroxylation is 1. The highest BCUT2D eigenvalue weighted by molar-refractivity contribution is 9.10. The van der Waals surface area contributed by atoms with Crippen molar-refractivity contribution < 1.29 is 17.5 Å². The van der Waals surface area contributed by atoms with E-state index in [0.29, 0.717) is 0 Å². The Bertz CT molecular complexity index is 1260. The van der Waals surface area contributed by atoms with Crippen molar-refractivity contribution in [1.82, 2.24) is 0 Å². The smallest absolute Gasteiger partial charge is 0.169 e. The Balaban J connectivity index is 0.000000199. The van der Waals surface area contributed by atoms with Crippen molar-refractivity contribution in [1.29, 1.82) is 0 Å². The van der Waals surface area contributed by atoms with E-state index in [1.807, 2.05) is 11.6 Å². The number of fused-ring (bicyclic) bond motifs is 1. The van der Waals surface area contributed by atoms with Gasteiger partial charge in [0.15, 0.2) is 12.4 Å². The summed E-state index contributed by atoms with van der Waals surface area (Å²) in [6.45, 7) is 0. The molecule has 0 unspecified atom stereocenters. The molecule has 0 aliphatic rings. The molecular formula is C24H20BrNO3S. The maximum atomic E-state index is 10.4. The van der Waals surface area contributed by atoms with Crippen LogP contribution in [-0.2, 0) is 17.2 Å². The van der Waals surface area contributed by atoms with Gasteiger partial charge < -0.3 is 4.55 Å². The maximum Gasteiger partial charge on any atom is 0.169 e. The van der Waals surface area contributed by atoms with Crippen molar-refractivity contribution in [3.05, 3.63) is 107 Å². The first-order valence-electron chi connectivity index (χ1n) is 9.15. The van der Waals surface area contributed by atoms with Crippen LogP contribution in [0.1, 0.15) is 11.1 Å². The zero-order valence-electron chi connectivity index (χ0n) is 16.3. The highest BCUT2D eigenvalue weighted by Crippen LogP contribution is 2.20. The Hall–Kier alpha value is -2.80. The average Bonchev–Trinajstić information content (AvgIpc) is 2.73. The van der Waals surface area contributed by atoms with Gasteiger partial charge in [0.1, 0.15) is 17.2 Å².